The van der Waals surface area contributed by atoms with Gasteiger partial charge in [-0.25, -0.2) is 4.79 Å². The molecule has 8 nitrogen and oxygen atoms in total. The van der Waals surface area contributed by atoms with E-state index in [-0.39, 0.29) is 25.4 Å². The summed E-state index contributed by atoms with van der Waals surface area (Å²) in [5.74, 6) is -5.49. The zero-order valence-electron chi connectivity index (χ0n) is 9.78. The van der Waals surface area contributed by atoms with E-state index >= 15 is 0 Å². The molecule has 0 aromatic heterocycles. The summed E-state index contributed by atoms with van der Waals surface area (Å²) < 4.78 is 0. The highest BCUT2D eigenvalue weighted by molar-refractivity contribution is 5.91. The van der Waals surface area contributed by atoms with E-state index in [2.05, 4.69) is 5.32 Å². The first kappa shape index (κ1) is 15.7. The van der Waals surface area contributed by atoms with E-state index in [1.54, 1.807) is 0 Å². The standard InChI is InChI=1S/C10H14N2O6.ClH/c11-2-4(14)12-10(9(17)18)1-3(13)5-6(7(5)10)8(15)16;/h3,5-7,13H,1-2,11H2,(H,12,14)(H,15,16)(H,17,18);1H/t3-,5-,6-,7-,10-;/m0./s1. The van der Waals surface area contributed by atoms with E-state index in [4.69, 9.17) is 10.8 Å². The molecule has 9 heteroatoms. The summed E-state index contributed by atoms with van der Waals surface area (Å²) in [4.78, 5) is 33.6. The number of nitrogens with one attached hydrogen (secondary N) is 1. The Morgan fingerprint density at radius 1 is 1.32 bits per heavy atom. The van der Waals surface area contributed by atoms with Gasteiger partial charge in [0.15, 0.2) is 0 Å². The molecule has 6 N–H and O–H groups in total. The highest BCUT2D eigenvalue weighted by atomic mass is 35.5. The number of aliphatic hydroxyl groups is 1. The average molecular weight is 295 g/mol. The van der Waals surface area contributed by atoms with Gasteiger partial charge >= 0.3 is 11.9 Å². The summed E-state index contributed by atoms with van der Waals surface area (Å²) in [6.07, 6.45) is -1.22. The topological polar surface area (TPSA) is 150 Å². The second-order valence-corrected chi connectivity index (χ2v) is 4.77. The highest BCUT2D eigenvalue weighted by Crippen LogP contribution is 2.62. The van der Waals surface area contributed by atoms with Gasteiger partial charge in [-0.05, 0) is 0 Å². The zero-order chi connectivity index (χ0) is 13.7. The normalized spacial score (nSPS) is 38.8. The van der Waals surface area contributed by atoms with E-state index in [0.29, 0.717) is 0 Å². The molecule has 0 spiro atoms. The van der Waals surface area contributed by atoms with Gasteiger partial charge in [-0.1, -0.05) is 0 Å². The van der Waals surface area contributed by atoms with Gasteiger partial charge in [0.1, 0.15) is 5.54 Å². The number of nitrogens with two attached hydrogens (primary N) is 1. The molecular formula is C10H15ClN2O6. The third kappa shape index (κ3) is 2.15. The van der Waals surface area contributed by atoms with Crippen LogP contribution in [0.5, 0.6) is 0 Å². The summed E-state index contributed by atoms with van der Waals surface area (Å²) >= 11 is 0. The third-order valence-corrected chi connectivity index (χ3v) is 3.83. The lowest BCUT2D eigenvalue weighted by molar-refractivity contribution is -0.150. The molecule has 0 saturated heterocycles. The van der Waals surface area contributed by atoms with Gasteiger partial charge in [0.2, 0.25) is 5.91 Å². The first-order valence-corrected chi connectivity index (χ1v) is 5.50. The summed E-state index contributed by atoms with van der Waals surface area (Å²) in [6.45, 7) is -0.389. The van der Waals surface area contributed by atoms with Crippen molar-refractivity contribution in [1.82, 2.24) is 5.32 Å². The summed E-state index contributed by atoms with van der Waals surface area (Å²) in [7, 11) is 0. The van der Waals surface area contributed by atoms with Crippen molar-refractivity contribution >= 4 is 30.3 Å². The molecule has 0 aromatic rings. The van der Waals surface area contributed by atoms with Crippen molar-refractivity contribution in [2.45, 2.75) is 18.1 Å². The Morgan fingerprint density at radius 3 is 2.26 bits per heavy atom. The number of hydrogen-bond acceptors (Lipinski definition) is 5. The number of halogens is 1. The molecule has 2 saturated carbocycles. The fourth-order valence-electron chi connectivity index (χ4n) is 3.09. The predicted molar refractivity (Wildman–Crippen MR) is 63.5 cm³/mol. The Bertz CT molecular complexity index is 430. The molecule has 0 aliphatic heterocycles. The van der Waals surface area contributed by atoms with Crippen LogP contribution in [0.3, 0.4) is 0 Å². The maximum absolute atomic E-state index is 11.4. The average Bonchev–Trinajstić information content (AvgIpc) is 2.97. The SMILES string of the molecule is Cl.NCC(=O)N[C@@]1(C(=O)O)C[C@H](O)[C@H]2[C@H](C(=O)O)[C@H]21. The molecule has 19 heavy (non-hydrogen) atoms. The predicted octanol–water partition coefficient (Wildman–Crippen LogP) is -1.98. The van der Waals surface area contributed by atoms with Crippen LogP contribution in [0.15, 0.2) is 0 Å². The quantitative estimate of drug-likeness (QED) is 0.403. The molecule has 1 amide bonds. The van der Waals surface area contributed by atoms with Gasteiger partial charge in [-0.15, -0.1) is 12.4 Å². The fourth-order valence-corrected chi connectivity index (χ4v) is 3.09. The van der Waals surface area contributed by atoms with Crippen LogP contribution in [0.1, 0.15) is 6.42 Å². The minimum atomic E-state index is -1.72. The van der Waals surface area contributed by atoms with Crippen molar-refractivity contribution in [3.8, 4) is 0 Å². The molecule has 0 heterocycles. The first-order valence-electron chi connectivity index (χ1n) is 5.50. The number of aliphatic hydroxyl groups excluding tert-OH is 1. The van der Waals surface area contributed by atoms with E-state index in [0.717, 1.165) is 0 Å². The molecule has 108 valence electrons. The Kier molecular flexibility index (Phi) is 4.08. The molecule has 0 bridgehead atoms. The van der Waals surface area contributed by atoms with Gasteiger partial charge in [-0.3, -0.25) is 9.59 Å². The summed E-state index contributed by atoms with van der Waals surface area (Å²) in [5, 5.41) is 30.2. The largest absolute Gasteiger partial charge is 0.481 e. The Hall–Kier alpha value is -1.38. The van der Waals surface area contributed by atoms with Crippen LogP contribution in [0, 0.1) is 17.8 Å². The highest BCUT2D eigenvalue weighted by Gasteiger charge is 2.75. The van der Waals surface area contributed by atoms with Crippen LogP contribution in [-0.4, -0.2) is 51.4 Å². The number of carboxylic acids is 2. The van der Waals surface area contributed by atoms with Gasteiger partial charge in [-0.2, -0.15) is 0 Å². The van der Waals surface area contributed by atoms with Crippen LogP contribution in [-0.2, 0) is 14.4 Å². The Balaban J connectivity index is 0.00000180. The van der Waals surface area contributed by atoms with Crippen LogP contribution in [0.2, 0.25) is 0 Å². The number of amides is 1. The number of fused-ring (bicyclic) bond motifs is 1. The molecule has 0 aromatic carbocycles. The molecular weight excluding hydrogens is 280 g/mol. The molecule has 5 atom stereocenters. The lowest BCUT2D eigenvalue weighted by Crippen LogP contribution is -2.57. The lowest BCUT2D eigenvalue weighted by atomic mass is 9.89. The molecule has 2 rings (SSSR count). The molecule has 0 radical (unpaired) electrons. The lowest BCUT2D eigenvalue weighted by Gasteiger charge is -2.29. The Morgan fingerprint density at radius 2 is 1.89 bits per heavy atom. The van der Waals surface area contributed by atoms with Crippen molar-refractivity contribution < 1.29 is 29.7 Å². The molecule has 0 unspecified atom stereocenters. The van der Waals surface area contributed by atoms with Crippen LogP contribution in [0.25, 0.3) is 0 Å². The van der Waals surface area contributed by atoms with E-state index in [1.165, 1.54) is 0 Å². The van der Waals surface area contributed by atoms with Gasteiger partial charge in [0, 0.05) is 18.3 Å². The number of carbonyl (C=O) groups excluding carboxylic acids is 1. The maximum atomic E-state index is 11.4. The van der Waals surface area contributed by atoms with E-state index in [1.807, 2.05) is 0 Å². The first-order chi connectivity index (χ1) is 8.35. The second kappa shape index (κ2) is 4.95. The number of aliphatic carboxylic acids is 2. The minimum Gasteiger partial charge on any atom is -0.481 e. The number of rotatable bonds is 4. The molecule has 2 aliphatic carbocycles. The maximum Gasteiger partial charge on any atom is 0.329 e. The molecule has 2 aliphatic rings. The van der Waals surface area contributed by atoms with Crippen molar-refractivity contribution in [1.29, 1.82) is 0 Å². The zero-order valence-corrected chi connectivity index (χ0v) is 10.6. The van der Waals surface area contributed by atoms with Crippen LogP contribution < -0.4 is 11.1 Å². The van der Waals surface area contributed by atoms with Gasteiger partial charge in [0.25, 0.3) is 0 Å². The number of carboxylic acid groups (broad SMARTS) is 2. The van der Waals surface area contributed by atoms with Crippen LogP contribution >= 0.6 is 12.4 Å². The summed E-state index contributed by atoms with van der Waals surface area (Å²) in [6, 6.07) is 0. The fraction of sp³-hybridized carbons (Fsp3) is 0.700. The van der Waals surface area contributed by atoms with E-state index < -0.39 is 47.2 Å². The smallest absolute Gasteiger partial charge is 0.329 e. The molecule has 2 fully saturated rings. The summed E-state index contributed by atoms with van der Waals surface area (Å²) in [5.41, 5.74) is 3.39. The second-order valence-electron chi connectivity index (χ2n) is 4.77. The van der Waals surface area contributed by atoms with Crippen molar-refractivity contribution in [2.24, 2.45) is 23.5 Å². The number of carbonyl (C=O) groups is 3. The number of hydrogen-bond donors (Lipinski definition) is 5. The minimum absolute atomic E-state index is 0. The monoisotopic (exact) mass is 294 g/mol. The van der Waals surface area contributed by atoms with Gasteiger partial charge < -0.3 is 26.4 Å². The Labute approximate surface area is 114 Å². The van der Waals surface area contributed by atoms with Crippen molar-refractivity contribution in [3.63, 3.8) is 0 Å². The third-order valence-electron chi connectivity index (χ3n) is 3.83. The van der Waals surface area contributed by atoms with Gasteiger partial charge in [0.05, 0.1) is 18.6 Å². The van der Waals surface area contributed by atoms with Crippen molar-refractivity contribution in [2.75, 3.05) is 6.54 Å². The van der Waals surface area contributed by atoms with E-state index in [9.17, 15) is 24.6 Å². The van der Waals surface area contributed by atoms with Crippen LogP contribution in [0.4, 0.5) is 0 Å². The van der Waals surface area contributed by atoms with Crippen molar-refractivity contribution in [3.05, 3.63) is 0 Å².